The van der Waals surface area contributed by atoms with Gasteiger partial charge >= 0.3 is 0 Å². The Kier molecular flexibility index (Phi) is 11.8. The highest BCUT2D eigenvalue weighted by atomic mass is 16.3. The van der Waals surface area contributed by atoms with E-state index in [9.17, 15) is 10.2 Å². The van der Waals surface area contributed by atoms with Crippen LogP contribution in [0.25, 0.3) is 0 Å². The number of rotatable bonds is 6. The topological polar surface area (TPSA) is 40.5 Å². The van der Waals surface area contributed by atoms with Crippen LogP contribution in [0.5, 0.6) is 0 Å². The second-order valence-electron chi connectivity index (χ2n) is 10.2. The third-order valence-electron chi connectivity index (χ3n) is 7.43. The maximum absolute atomic E-state index is 10.1. The lowest BCUT2D eigenvalue weighted by atomic mass is 9.63. The van der Waals surface area contributed by atoms with Crippen LogP contribution in [-0.4, -0.2) is 21.9 Å². The molecule has 180 valence electrons. The van der Waals surface area contributed by atoms with Gasteiger partial charge in [0.05, 0.1) is 11.7 Å². The number of allylic oxidation sites excluding steroid dienone is 5. The van der Waals surface area contributed by atoms with Crippen LogP contribution < -0.4 is 0 Å². The second kappa shape index (κ2) is 13.2. The largest absolute Gasteiger partial charge is 0.390 e. The van der Waals surface area contributed by atoms with Crippen molar-refractivity contribution in [1.29, 1.82) is 0 Å². The predicted octanol–water partition coefficient (Wildman–Crippen LogP) is 7.68. The zero-order chi connectivity index (χ0) is 24.4. The Balaban J connectivity index is 0.00000121. The van der Waals surface area contributed by atoms with Crippen LogP contribution in [0.3, 0.4) is 0 Å². The van der Waals surface area contributed by atoms with E-state index in [4.69, 9.17) is 0 Å². The van der Waals surface area contributed by atoms with Crippen molar-refractivity contribution in [2.75, 3.05) is 0 Å². The fraction of sp³-hybridized carbons (Fsp3) is 0.667. The summed E-state index contributed by atoms with van der Waals surface area (Å²) in [5.74, 6) is 0.643. The van der Waals surface area contributed by atoms with Crippen molar-refractivity contribution in [3.63, 3.8) is 0 Å². The molecule has 2 N–H and O–H groups in total. The molecule has 0 radical (unpaired) electrons. The summed E-state index contributed by atoms with van der Waals surface area (Å²) in [6.07, 6.45) is 27.1. The number of hydrogen-bond donors (Lipinski definition) is 2. The molecule has 0 aliphatic heterocycles. The first-order valence-corrected chi connectivity index (χ1v) is 12.7. The van der Waals surface area contributed by atoms with E-state index >= 15 is 0 Å². The number of aliphatic hydroxyl groups is 2. The first kappa shape index (κ1) is 28.5. The molecule has 3 atom stereocenters. The lowest BCUT2D eigenvalue weighted by Crippen LogP contribution is -2.30. The van der Waals surface area contributed by atoms with Crippen molar-refractivity contribution < 1.29 is 10.2 Å². The van der Waals surface area contributed by atoms with Gasteiger partial charge in [-0.15, -0.1) is 12.8 Å². The lowest BCUT2D eigenvalue weighted by Gasteiger charge is -2.41. The van der Waals surface area contributed by atoms with Gasteiger partial charge in [-0.25, -0.2) is 0 Å². The lowest BCUT2D eigenvalue weighted by molar-refractivity contribution is 0.0681. The van der Waals surface area contributed by atoms with Gasteiger partial charge in [0.1, 0.15) is 0 Å². The summed E-state index contributed by atoms with van der Waals surface area (Å²) >= 11 is 0. The average molecular weight is 441 g/mol. The van der Waals surface area contributed by atoms with Gasteiger partial charge in [0, 0.05) is 0 Å². The molecule has 0 aromatic heterocycles. The zero-order valence-corrected chi connectivity index (χ0v) is 21.4. The van der Waals surface area contributed by atoms with Crippen LogP contribution in [0.1, 0.15) is 105 Å². The standard InChI is InChI=1S/C26H40O2.C2H6.C2H2/c1-19-20(9-7-12-24(19)27)13-14-21-10-8-18-26(4)22(15-16-23(21)26)11-5-6-17-25(2,3)28;2*1-2/h13-15,23-24,27-28H,1,5-12,16-18H2,2-4H3;1-2H3;1-2H/b20-13-,21-14+;;/t23?,24-,26+;;/m0../s1. The minimum atomic E-state index is -0.540. The molecule has 32 heavy (non-hydrogen) atoms. The Morgan fingerprint density at radius 2 is 1.84 bits per heavy atom. The molecular formula is C30H48O2. The Morgan fingerprint density at radius 1 is 1.16 bits per heavy atom. The van der Waals surface area contributed by atoms with Crippen LogP contribution in [0.4, 0.5) is 0 Å². The molecule has 2 nitrogen and oxygen atoms in total. The van der Waals surface area contributed by atoms with E-state index in [1.54, 1.807) is 11.1 Å². The van der Waals surface area contributed by atoms with E-state index in [-0.39, 0.29) is 6.10 Å². The molecule has 3 aliphatic rings. The normalized spacial score (nSPS) is 30.0. The van der Waals surface area contributed by atoms with E-state index in [0.717, 1.165) is 37.7 Å². The molecule has 3 rings (SSSR count). The summed E-state index contributed by atoms with van der Waals surface area (Å²) in [5.41, 5.74) is 5.21. The second-order valence-corrected chi connectivity index (χ2v) is 10.2. The van der Waals surface area contributed by atoms with Gasteiger partial charge in [-0.3, -0.25) is 0 Å². The molecule has 1 unspecified atom stereocenters. The highest BCUT2D eigenvalue weighted by Crippen LogP contribution is 2.55. The quantitative estimate of drug-likeness (QED) is 0.252. The van der Waals surface area contributed by atoms with Gasteiger partial charge < -0.3 is 10.2 Å². The average Bonchev–Trinajstić information content (AvgIpc) is 3.11. The fourth-order valence-electron chi connectivity index (χ4n) is 5.60. The molecule has 0 spiro atoms. The summed E-state index contributed by atoms with van der Waals surface area (Å²) in [6.45, 7) is 14.4. The van der Waals surface area contributed by atoms with Gasteiger partial charge in [-0.2, -0.15) is 0 Å². The highest BCUT2D eigenvalue weighted by molar-refractivity contribution is 5.39. The van der Waals surface area contributed by atoms with Gasteiger partial charge in [0.15, 0.2) is 0 Å². The van der Waals surface area contributed by atoms with Crippen molar-refractivity contribution >= 4 is 0 Å². The summed E-state index contributed by atoms with van der Waals surface area (Å²) in [6, 6.07) is 0. The highest BCUT2D eigenvalue weighted by Gasteiger charge is 2.44. The fourth-order valence-corrected chi connectivity index (χ4v) is 5.60. The third-order valence-corrected chi connectivity index (χ3v) is 7.43. The SMILES string of the molecule is C#C.C=C1/C(=C\C=C2/CCC[C@]3(C)C(CCCCC(C)(C)O)=CCC23)CCC[C@@H]1O.CC. The smallest absolute Gasteiger partial charge is 0.0787 e. The van der Waals surface area contributed by atoms with Crippen molar-refractivity contribution in [2.24, 2.45) is 11.3 Å². The van der Waals surface area contributed by atoms with Gasteiger partial charge in [0.25, 0.3) is 0 Å². The molecule has 0 saturated heterocycles. The number of unbranched alkanes of at least 4 members (excludes halogenated alkanes) is 1. The van der Waals surface area contributed by atoms with Crippen molar-refractivity contribution in [3.8, 4) is 12.8 Å². The molecule has 2 heteroatoms. The third kappa shape index (κ3) is 7.50. The van der Waals surface area contributed by atoms with E-state index in [0.29, 0.717) is 11.3 Å². The summed E-state index contributed by atoms with van der Waals surface area (Å²) in [4.78, 5) is 0. The Morgan fingerprint density at radius 3 is 2.50 bits per heavy atom. The minimum Gasteiger partial charge on any atom is -0.390 e. The van der Waals surface area contributed by atoms with E-state index in [1.807, 2.05) is 27.7 Å². The van der Waals surface area contributed by atoms with Gasteiger partial charge in [0.2, 0.25) is 0 Å². The number of terminal acetylenes is 1. The molecule has 0 bridgehead atoms. The molecule has 0 heterocycles. The number of hydrogen-bond acceptors (Lipinski definition) is 2. The molecule has 2 saturated carbocycles. The van der Waals surface area contributed by atoms with Crippen LogP contribution in [0.15, 0.2) is 47.1 Å². The summed E-state index contributed by atoms with van der Waals surface area (Å²) in [5, 5.41) is 20.0. The Labute approximate surface area is 198 Å². The Bertz CT molecular complexity index is 713. The number of aliphatic hydroxyl groups excluding tert-OH is 1. The molecule has 0 aromatic rings. The maximum atomic E-state index is 10.1. The Hall–Kier alpha value is -1.56. The summed E-state index contributed by atoms with van der Waals surface area (Å²) < 4.78 is 0. The van der Waals surface area contributed by atoms with Crippen LogP contribution in [0, 0.1) is 24.2 Å². The van der Waals surface area contributed by atoms with Crippen LogP contribution in [0.2, 0.25) is 0 Å². The van der Waals surface area contributed by atoms with Gasteiger partial charge in [-0.05, 0) is 101 Å². The van der Waals surface area contributed by atoms with E-state index in [1.165, 1.54) is 44.1 Å². The minimum absolute atomic E-state index is 0.320. The zero-order valence-electron chi connectivity index (χ0n) is 21.4. The van der Waals surface area contributed by atoms with Gasteiger partial charge in [-0.1, -0.05) is 63.1 Å². The molecule has 2 fully saturated rings. The molecule has 3 aliphatic carbocycles. The monoisotopic (exact) mass is 440 g/mol. The van der Waals surface area contributed by atoms with E-state index < -0.39 is 5.60 Å². The molecule has 0 amide bonds. The molecule has 0 aromatic carbocycles. The van der Waals surface area contributed by atoms with Crippen molar-refractivity contribution in [2.45, 2.75) is 117 Å². The number of fused-ring (bicyclic) bond motifs is 1. The van der Waals surface area contributed by atoms with Crippen molar-refractivity contribution in [1.82, 2.24) is 0 Å². The van der Waals surface area contributed by atoms with Crippen LogP contribution in [-0.2, 0) is 0 Å². The first-order chi connectivity index (χ1) is 15.2. The maximum Gasteiger partial charge on any atom is 0.0787 e. The van der Waals surface area contributed by atoms with Crippen LogP contribution >= 0.6 is 0 Å². The van der Waals surface area contributed by atoms with E-state index in [2.05, 4.69) is 44.6 Å². The summed E-state index contributed by atoms with van der Waals surface area (Å²) in [7, 11) is 0. The van der Waals surface area contributed by atoms with Crippen molar-refractivity contribution in [3.05, 3.63) is 47.1 Å². The predicted molar refractivity (Wildman–Crippen MR) is 139 cm³/mol. The first-order valence-electron chi connectivity index (χ1n) is 12.7. The molecular weight excluding hydrogens is 392 g/mol.